The Morgan fingerprint density at radius 3 is 1.43 bits per heavy atom. The molecule has 1 nitrogen and oxygen atoms in total. The highest BCUT2D eigenvalue weighted by atomic mass is 16.3. The van der Waals surface area contributed by atoms with E-state index in [0.717, 1.165) is 21.9 Å². The summed E-state index contributed by atoms with van der Waals surface area (Å²) in [7, 11) is 0. The Balaban J connectivity index is 1.02. The van der Waals surface area contributed by atoms with Crippen molar-refractivity contribution in [3.8, 4) is 44.5 Å². The van der Waals surface area contributed by atoms with Crippen molar-refractivity contribution in [2.75, 3.05) is 0 Å². The predicted octanol–water partition coefficient (Wildman–Crippen LogP) is 14.6. The van der Waals surface area contributed by atoms with Crippen LogP contribution >= 0.6 is 0 Å². The van der Waals surface area contributed by atoms with Gasteiger partial charge in [0.05, 0.1) is 0 Å². The maximum Gasteiger partial charge on any atom is 0.135 e. The molecule has 254 valence electrons. The van der Waals surface area contributed by atoms with Crippen molar-refractivity contribution in [3.05, 3.63) is 229 Å². The van der Waals surface area contributed by atoms with Crippen LogP contribution in [0.25, 0.3) is 77.2 Å². The van der Waals surface area contributed by atoms with Gasteiger partial charge in [-0.15, -0.1) is 0 Å². The van der Waals surface area contributed by atoms with Crippen molar-refractivity contribution < 1.29 is 4.42 Å². The van der Waals surface area contributed by atoms with E-state index in [-0.39, 0.29) is 5.92 Å². The summed E-state index contributed by atoms with van der Waals surface area (Å²) in [5.74, 6) is 0.0608. The fourth-order valence-corrected chi connectivity index (χ4v) is 8.06. The standard InChI is InChI=1S/C53H36O/c1-2-10-36(11-3-1)44-14-8-15-45(34-44)37-20-26-41(27-21-37)53(43-30-24-40(25-31-43)48-18-9-13-39-12-4-5-16-47(39)48)42-28-22-38(23-29-42)46-32-33-52-50(35-46)49-17-6-7-19-51(49)54-52/h1-35,53H. The topological polar surface area (TPSA) is 13.1 Å². The lowest BCUT2D eigenvalue weighted by atomic mass is 9.83. The SMILES string of the molecule is c1ccc(-c2cccc(-c3ccc(C(c4ccc(-c5ccc6oc7ccccc7c6c5)cc4)c4ccc(-c5cccc6ccccc56)cc4)cc3)c2)cc1. The first-order valence-electron chi connectivity index (χ1n) is 18.6. The highest BCUT2D eigenvalue weighted by Crippen LogP contribution is 2.38. The summed E-state index contributed by atoms with van der Waals surface area (Å²) >= 11 is 0. The summed E-state index contributed by atoms with van der Waals surface area (Å²) in [5, 5.41) is 4.82. The first-order valence-corrected chi connectivity index (χ1v) is 18.6. The van der Waals surface area contributed by atoms with E-state index in [1.165, 1.54) is 72.0 Å². The van der Waals surface area contributed by atoms with E-state index in [0.29, 0.717) is 0 Å². The molecule has 0 saturated heterocycles. The van der Waals surface area contributed by atoms with E-state index in [1.54, 1.807) is 0 Å². The Labute approximate surface area is 315 Å². The molecule has 0 N–H and O–H groups in total. The Morgan fingerprint density at radius 2 is 0.741 bits per heavy atom. The maximum absolute atomic E-state index is 6.11. The molecule has 0 aliphatic carbocycles. The van der Waals surface area contributed by atoms with Crippen molar-refractivity contribution >= 4 is 32.7 Å². The number of hydrogen-bond acceptors (Lipinski definition) is 1. The van der Waals surface area contributed by atoms with Gasteiger partial charge in [0, 0.05) is 16.7 Å². The lowest BCUT2D eigenvalue weighted by Gasteiger charge is -2.20. The van der Waals surface area contributed by atoms with Gasteiger partial charge in [-0.2, -0.15) is 0 Å². The average molecular weight is 689 g/mol. The predicted molar refractivity (Wildman–Crippen MR) is 227 cm³/mol. The van der Waals surface area contributed by atoms with Crippen LogP contribution in [0.5, 0.6) is 0 Å². The van der Waals surface area contributed by atoms with Gasteiger partial charge in [-0.3, -0.25) is 0 Å². The Kier molecular flexibility index (Phi) is 7.96. The van der Waals surface area contributed by atoms with Gasteiger partial charge in [0.25, 0.3) is 0 Å². The van der Waals surface area contributed by atoms with Crippen LogP contribution in [-0.4, -0.2) is 0 Å². The second kappa shape index (κ2) is 13.5. The lowest BCUT2D eigenvalue weighted by molar-refractivity contribution is 0.669. The summed E-state index contributed by atoms with van der Waals surface area (Å²) in [6, 6.07) is 76.9. The van der Waals surface area contributed by atoms with Crippen LogP contribution in [0.2, 0.25) is 0 Å². The van der Waals surface area contributed by atoms with E-state index in [2.05, 4.69) is 200 Å². The molecule has 10 rings (SSSR count). The number of para-hydroxylation sites is 1. The monoisotopic (exact) mass is 688 g/mol. The minimum atomic E-state index is 0.0608. The third kappa shape index (κ3) is 5.87. The van der Waals surface area contributed by atoms with Crippen molar-refractivity contribution in [1.29, 1.82) is 0 Å². The molecule has 0 radical (unpaired) electrons. The molecule has 54 heavy (non-hydrogen) atoms. The number of fused-ring (bicyclic) bond motifs is 4. The molecule has 1 heteroatoms. The van der Waals surface area contributed by atoms with Crippen LogP contribution in [0.15, 0.2) is 217 Å². The second-order valence-corrected chi connectivity index (χ2v) is 14.1. The van der Waals surface area contributed by atoms with E-state index < -0.39 is 0 Å². The maximum atomic E-state index is 6.11. The molecule has 1 heterocycles. The molecule has 0 fully saturated rings. The highest BCUT2D eigenvalue weighted by Gasteiger charge is 2.18. The number of rotatable bonds is 7. The minimum absolute atomic E-state index is 0.0608. The second-order valence-electron chi connectivity index (χ2n) is 14.1. The first kappa shape index (κ1) is 31.7. The smallest absolute Gasteiger partial charge is 0.135 e. The van der Waals surface area contributed by atoms with E-state index in [9.17, 15) is 0 Å². The van der Waals surface area contributed by atoms with Crippen LogP contribution in [0.4, 0.5) is 0 Å². The molecule has 0 spiro atoms. The zero-order valence-electron chi connectivity index (χ0n) is 29.7. The molecule has 0 aliphatic rings. The molecule has 10 aromatic rings. The van der Waals surface area contributed by atoms with Crippen LogP contribution in [-0.2, 0) is 0 Å². The third-order valence-corrected chi connectivity index (χ3v) is 10.8. The molecule has 1 unspecified atom stereocenters. The number of furan rings is 1. The van der Waals surface area contributed by atoms with E-state index in [4.69, 9.17) is 4.42 Å². The normalized spacial score (nSPS) is 12.0. The average Bonchev–Trinajstić information content (AvgIpc) is 3.63. The third-order valence-electron chi connectivity index (χ3n) is 10.8. The molecule has 9 aromatic carbocycles. The summed E-state index contributed by atoms with van der Waals surface area (Å²) in [4.78, 5) is 0. The Bertz CT molecular complexity index is 2890. The summed E-state index contributed by atoms with van der Waals surface area (Å²) < 4.78 is 6.11. The number of benzene rings is 9. The molecule has 0 saturated carbocycles. The fraction of sp³-hybridized carbons (Fsp3) is 0.0189. The molecular formula is C53H36O. The van der Waals surface area contributed by atoms with Gasteiger partial charge >= 0.3 is 0 Å². The lowest BCUT2D eigenvalue weighted by Crippen LogP contribution is -2.03. The van der Waals surface area contributed by atoms with Crippen molar-refractivity contribution in [3.63, 3.8) is 0 Å². The first-order chi connectivity index (χ1) is 26.7. The quantitative estimate of drug-likeness (QED) is 0.152. The summed E-state index contributed by atoms with van der Waals surface area (Å²) in [6.07, 6.45) is 0. The highest BCUT2D eigenvalue weighted by molar-refractivity contribution is 6.06. The van der Waals surface area contributed by atoms with Crippen molar-refractivity contribution in [2.45, 2.75) is 5.92 Å². The van der Waals surface area contributed by atoms with Gasteiger partial charge in [-0.1, -0.05) is 188 Å². The van der Waals surface area contributed by atoms with Crippen LogP contribution in [0.1, 0.15) is 22.6 Å². The Hall–Kier alpha value is -6.96. The molecule has 0 bridgehead atoms. The van der Waals surface area contributed by atoms with Gasteiger partial charge in [-0.25, -0.2) is 0 Å². The van der Waals surface area contributed by atoms with Gasteiger partial charge in [-0.05, 0) is 96.2 Å². The Morgan fingerprint density at radius 1 is 0.278 bits per heavy atom. The van der Waals surface area contributed by atoms with Crippen LogP contribution in [0.3, 0.4) is 0 Å². The minimum Gasteiger partial charge on any atom is -0.456 e. The van der Waals surface area contributed by atoms with Crippen LogP contribution < -0.4 is 0 Å². The number of hydrogen-bond donors (Lipinski definition) is 0. The fourth-order valence-electron chi connectivity index (χ4n) is 8.06. The zero-order valence-corrected chi connectivity index (χ0v) is 29.7. The van der Waals surface area contributed by atoms with Gasteiger partial charge in [0.2, 0.25) is 0 Å². The molecule has 1 atom stereocenters. The molecule has 0 aliphatic heterocycles. The largest absolute Gasteiger partial charge is 0.456 e. The zero-order chi connectivity index (χ0) is 35.8. The summed E-state index contributed by atoms with van der Waals surface area (Å²) in [5.41, 5.74) is 15.3. The van der Waals surface area contributed by atoms with Crippen LogP contribution in [0, 0.1) is 0 Å². The van der Waals surface area contributed by atoms with Gasteiger partial charge < -0.3 is 4.42 Å². The van der Waals surface area contributed by atoms with Crippen molar-refractivity contribution in [1.82, 2.24) is 0 Å². The van der Waals surface area contributed by atoms with Gasteiger partial charge in [0.1, 0.15) is 11.2 Å². The molecular weight excluding hydrogens is 653 g/mol. The van der Waals surface area contributed by atoms with Crippen molar-refractivity contribution in [2.24, 2.45) is 0 Å². The van der Waals surface area contributed by atoms with Gasteiger partial charge in [0.15, 0.2) is 0 Å². The van der Waals surface area contributed by atoms with E-state index >= 15 is 0 Å². The summed E-state index contributed by atoms with van der Waals surface area (Å²) in [6.45, 7) is 0. The molecule has 0 amide bonds. The molecule has 1 aromatic heterocycles. The van der Waals surface area contributed by atoms with E-state index in [1.807, 2.05) is 12.1 Å².